The van der Waals surface area contributed by atoms with Crippen molar-refractivity contribution >= 4 is 11.6 Å². The molecule has 4 nitrogen and oxygen atoms in total. The maximum Gasteiger partial charge on any atom is 0.140 e. The largest absolute Gasteiger partial charge is 0.310 e. The normalized spacial score (nSPS) is 13.3. The molecule has 0 fully saturated rings. The van der Waals surface area contributed by atoms with Gasteiger partial charge in [0.1, 0.15) is 12.2 Å². The summed E-state index contributed by atoms with van der Waals surface area (Å²) >= 11 is 5.74. The molecule has 1 aromatic rings. The van der Waals surface area contributed by atoms with Crippen LogP contribution < -0.4 is 5.32 Å². The third kappa shape index (κ3) is 4.49. The summed E-state index contributed by atoms with van der Waals surface area (Å²) in [6.07, 6.45) is 1.62. The second kappa shape index (κ2) is 6.86. The van der Waals surface area contributed by atoms with Gasteiger partial charge in [-0.25, -0.2) is 9.67 Å². The van der Waals surface area contributed by atoms with Crippen molar-refractivity contribution in [2.75, 3.05) is 12.4 Å². The summed E-state index contributed by atoms with van der Waals surface area (Å²) in [6.45, 7) is 9.07. The predicted octanol–water partition coefficient (Wildman–Crippen LogP) is 1.90. The Morgan fingerprint density at radius 1 is 1.44 bits per heavy atom. The highest BCUT2D eigenvalue weighted by Gasteiger charge is 2.06. The van der Waals surface area contributed by atoms with Crippen LogP contribution in [0.15, 0.2) is 6.33 Å². The molecule has 0 bridgehead atoms. The van der Waals surface area contributed by atoms with E-state index in [0.29, 0.717) is 17.7 Å². The monoisotopic (exact) mass is 244 g/mol. The molecule has 0 spiro atoms. The van der Waals surface area contributed by atoms with Crippen molar-refractivity contribution in [1.29, 1.82) is 0 Å². The van der Waals surface area contributed by atoms with Crippen LogP contribution in [0, 0.1) is 11.8 Å². The summed E-state index contributed by atoms with van der Waals surface area (Å²) in [5, 5.41) is 7.56. The minimum atomic E-state index is 0.489. The highest BCUT2D eigenvalue weighted by atomic mass is 35.5. The van der Waals surface area contributed by atoms with Crippen molar-refractivity contribution in [2.24, 2.45) is 11.8 Å². The van der Waals surface area contributed by atoms with Gasteiger partial charge in [0.2, 0.25) is 0 Å². The fraction of sp³-hybridized carbons (Fsp3) is 0.818. The molecule has 1 atom stereocenters. The lowest BCUT2D eigenvalue weighted by atomic mass is 10.2. The molecule has 0 amide bonds. The van der Waals surface area contributed by atoms with E-state index in [2.05, 4.69) is 36.2 Å². The van der Waals surface area contributed by atoms with E-state index in [9.17, 15) is 0 Å². The fourth-order valence-corrected chi connectivity index (χ4v) is 1.52. The topological polar surface area (TPSA) is 42.7 Å². The number of hydrogen-bond donors (Lipinski definition) is 1. The number of rotatable bonds is 7. The molecule has 0 saturated heterocycles. The summed E-state index contributed by atoms with van der Waals surface area (Å²) in [5.41, 5.74) is 0. The van der Waals surface area contributed by atoms with E-state index >= 15 is 0 Å². The number of alkyl halides is 1. The highest BCUT2D eigenvalue weighted by molar-refractivity contribution is 6.18. The Hall–Kier alpha value is -0.610. The average Bonchev–Trinajstić information content (AvgIpc) is 2.64. The standard InChI is InChI=1S/C11H21ClN4/c1-9(2)7-16-11(14-8-15-16)6-13-5-10(3)4-12/h8-10,13H,4-7H2,1-3H3. The number of nitrogens with one attached hydrogen (secondary N) is 1. The van der Waals surface area contributed by atoms with Gasteiger partial charge < -0.3 is 5.32 Å². The Balaban J connectivity index is 2.38. The van der Waals surface area contributed by atoms with Crippen molar-refractivity contribution in [1.82, 2.24) is 20.1 Å². The second-order valence-electron chi connectivity index (χ2n) is 4.64. The first-order chi connectivity index (χ1) is 7.63. The van der Waals surface area contributed by atoms with E-state index in [1.54, 1.807) is 6.33 Å². The van der Waals surface area contributed by atoms with Crippen LogP contribution in [0.4, 0.5) is 0 Å². The van der Waals surface area contributed by atoms with Crippen LogP contribution in [0.2, 0.25) is 0 Å². The predicted molar refractivity (Wildman–Crippen MR) is 66.5 cm³/mol. The minimum absolute atomic E-state index is 0.489. The lowest BCUT2D eigenvalue weighted by Crippen LogP contribution is -2.24. The van der Waals surface area contributed by atoms with E-state index in [0.717, 1.165) is 25.5 Å². The van der Waals surface area contributed by atoms with Gasteiger partial charge >= 0.3 is 0 Å². The van der Waals surface area contributed by atoms with E-state index < -0.39 is 0 Å². The lowest BCUT2D eigenvalue weighted by Gasteiger charge is -2.11. The van der Waals surface area contributed by atoms with E-state index in [-0.39, 0.29) is 0 Å². The molecule has 1 rings (SSSR count). The van der Waals surface area contributed by atoms with Gasteiger partial charge in [-0.2, -0.15) is 5.10 Å². The summed E-state index contributed by atoms with van der Waals surface area (Å²) < 4.78 is 1.96. The highest BCUT2D eigenvalue weighted by Crippen LogP contribution is 2.01. The van der Waals surface area contributed by atoms with E-state index in [1.165, 1.54) is 0 Å². The number of halogens is 1. The summed E-state index contributed by atoms with van der Waals surface area (Å²) in [6, 6.07) is 0. The Kier molecular flexibility index (Phi) is 5.77. The third-order valence-corrected chi connectivity index (χ3v) is 2.80. The van der Waals surface area contributed by atoms with Gasteiger partial charge in [0.15, 0.2) is 0 Å². The van der Waals surface area contributed by atoms with Crippen LogP contribution in [0.3, 0.4) is 0 Å². The number of nitrogens with zero attached hydrogens (tertiary/aromatic N) is 3. The maximum atomic E-state index is 5.74. The second-order valence-corrected chi connectivity index (χ2v) is 4.95. The number of aromatic nitrogens is 3. The zero-order valence-corrected chi connectivity index (χ0v) is 11.0. The molecule has 16 heavy (non-hydrogen) atoms. The van der Waals surface area contributed by atoms with Crippen molar-refractivity contribution in [3.8, 4) is 0 Å². The Bertz CT molecular complexity index is 298. The van der Waals surface area contributed by atoms with Crippen molar-refractivity contribution in [3.05, 3.63) is 12.2 Å². The van der Waals surface area contributed by atoms with E-state index in [4.69, 9.17) is 11.6 Å². The molecular weight excluding hydrogens is 224 g/mol. The minimum Gasteiger partial charge on any atom is -0.310 e. The molecule has 1 aromatic heterocycles. The van der Waals surface area contributed by atoms with Gasteiger partial charge in [-0.15, -0.1) is 11.6 Å². The fourth-order valence-electron chi connectivity index (χ4n) is 1.41. The molecule has 0 aliphatic heterocycles. The van der Waals surface area contributed by atoms with Crippen molar-refractivity contribution in [2.45, 2.75) is 33.9 Å². The summed E-state index contributed by atoms with van der Waals surface area (Å²) in [7, 11) is 0. The van der Waals surface area contributed by atoms with Gasteiger partial charge in [-0.1, -0.05) is 20.8 Å². The van der Waals surface area contributed by atoms with Gasteiger partial charge in [0, 0.05) is 12.4 Å². The Labute approximate surface area is 102 Å². The zero-order chi connectivity index (χ0) is 12.0. The van der Waals surface area contributed by atoms with Crippen LogP contribution in [0.25, 0.3) is 0 Å². The van der Waals surface area contributed by atoms with Crippen molar-refractivity contribution < 1.29 is 0 Å². The molecule has 0 aliphatic carbocycles. The first-order valence-corrected chi connectivity index (χ1v) is 6.30. The average molecular weight is 245 g/mol. The SMILES string of the molecule is CC(C)Cn1ncnc1CNCC(C)CCl. The molecular formula is C11H21ClN4. The Morgan fingerprint density at radius 3 is 2.81 bits per heavy atom. The van der Waals surface area contributed by atoms with Gasteiger partial charge in [-0.3, -0.25) is 0 Å². The summed E-state index contributed by atoms with van der Waals surface area (Å²) in [4.78, 5) is 4.25. The third-order valence-electron chi connectivity index (χ3n) is 2.27. The smallest absolute Gasteiger partial charge is 0.140 e. The van der Waals surface area contributed by atoms with Gasteiger partial charge in [0.05, 0.1) is 6.54 Å². The molecule has 0 aromatic carbocycles. The molecule has 1 unspecified atom stereocenters. The molecule has 0 radical (unpaired) electrons. The van der Waals surface area contributed by atoms with Crippen LogP contribution in [0.5, 0.6) is 0 Å². The van der Waals surface area contributed by atoms with Crippen LogP contribution in [0.1, 0.15) is 26.6 Å². The van der Waals surface area contributed by atoms with E-state index in [1.807, 2.05) is 4.68 Å². The maximum absolute atomic E-state index is 5.74. The summed E-state index contributed by atoms with van der Waals surface area (Å²) in [5.74, 6) is 2.76. The molecule has 1 N–H and O–H groups in total. The van der Waals surface area contributed by atoms with Crippen molar-refractivity contribution in [3.63, 3.8) is 0 Å². The van der Waals surface area contributed by atoms with Crippen LogP contribution in [-0.2, 0) is 13.1 Å². The first-order valence-electron chi connectivity index (χ1n) is 5.76. The lowest BCUT2D eigenvalue weighted by molar-refractivity contribution is 0.451. The molecule has 0 aliphatic rings. The molecule has 1 heterocycles. The quantitative estimate of drug-likeness (QED) is 0.745. The number of hydrogen-bond acceptors (Lipinski definition) is 3. The first kappa shape index (κ1) is 13.5. The molecule has 0 saturated carbocycles. The van der Waals surface area contributed by atoms with Crippen LogP contribution >= 0.6 is 11.6 Å². The Morgan fingerprint density at radius 2 is 2.19 bits per heavy atom. The van der Waals surface area contributed by atoms with Crippen LogP contribution in [-0.4, -0.2) is 27.2 Å². The molecule has 5 heteroatoms. The van der Waals surface area contributed by atoms with Gasteiger partial charge in [-0.05, 0) is 18.4 Å². The zero-order valence-electron chi connectivity index (χ0n) is 10.3. The molecule has 92 valence electrons. The van der Waals surface area contributed by atoms with Gasteiger partial charge in [0.25, 0.3) is 0 Å².